The number of carbonyl (C=O) groups excluding carboxylic acids is 1. The average Bonchev–Trinajstić information content (AvgIpc) is 2.25. The van der Waals surface area contributed by atoms with E-state index in [9.17, 15) is 4.79 Å². The van der Waals surface area contributed by atoms with Crippen molar-refractivity contribution in [2.75, 3.05) is 13.2 Å². The molecule has 0 heterocycles. The fourth-order valence-electron chi connectivity index (χ4n) is 1.48. The third kappa shape index (κ3) is 3.06. The van der Waals surface area contributed by atoms with Crippen LogP contribution in [0.2, 0.25) is 0 Å². The Morgan fingerprint density at radius 3 is 2.80 bits per heavy atom. The molecule has 3 heteroatoms. The Labute approximate surface area is 90.2 Å². The van der Waals surface area contributed by atoms with Crippen LogP contribution in [-0.2, 0) is 11.2 Å². The molecule has 0 aliphatic carbocycles. The molecule has 1 rings (SSSR count). The lowest BCUT2D eigenvalue weighted by Crippen LogP contribution is -2.21. The Kier molecular flexibility index (Phi) is 4.31. The lowest BCUT2D eigenvalue weighted by molar-refractivity contribution is -0.119. The molecule has 0 aromatic heterocycles. The van der Waals surface area contributed by atoms with Crippen LogP contribution in [-0.4, -0.2) is 18.9 Å². The SMILES string of the molecule is CCc1c(C)cccc1OCC(=O)CN. The van der Waals surface area contributed by atoms with Crippen molar-refractivity contribution in [2.24, 2.45) is 5.73 Å². The highest BCUT2D eigenvalue weighted by Gasteiger charge is 2.06. The molecular formula is C12H17NO2. The summed E-state index contributed by atoms with van der Waals surface area (Å²) in [6, 6.07) is 5.85. The zero-order valence-corrected chi connectivity index (χ0v) is 9.25. The Balaban J connectivity index is 2.76. The minimum absolute atomic E-state index is 0.0350. The van der Waals surface area contributed by atoms with E-state index in [1.807, 2.05) is 25.1 Å². The minimum atomic E-state index is -0.0847. The summed E-state index contributed by atoms with van der Waals surface area (Å²) in [4.78, 5) is 11.0. The number of carbonyl (C=O) groups is 1. The van der Waals surface area contributed by atoms with Gasteiger partial charge in [-0.15, -0.1) is 0 Å². The standard InChI is InChI=1S/C12H17NO2/c1-3-11-9(2)5-4-6-12(11)15-8-10(14)7-13/h4-6H,3,7-8,13H2,1-2H3. The van der Waals surface area contributed by atoms with E-state index >= 15 is 0 Å². The van der Waals surface area contributed by atoms with Gasteiger partial charge in [0.1, 0.15) is 12.4 Å². The van der Waals surface area contributed by atoms with E-state index in [4.69, 9.17) is 10.5 Å². The summed E-state index contributed by atoms with van der Waals surface area (Å²) >= 11 is 0. The van der Waals surface area contributed by atoms with Crippen LogP contribution >= 0.6 is 0 Å². The van der Waals surface area contributed by atoms with Crippen LogP contribution in [0.15, 0.2) is 18.2 Å². The molecule has 1 aromatic rings. The molecule has 0 bridgehead atoms. The number of Topliss-reactive ketones (excluding diaryl/α,β-unsaturated/α-hetero) is 1. The van der Waals surface area contributed by atoms with Crippen molar-refractivity contribution in [1.82, 2.24) is 0 Å². The Morgan fingerprint density at radius 1 is 1.47 bits per heavy atom. The van der Waals surface area contributed by atoms with Crippen molar-refractivity contribution >= 4 is 5.78 Å². The van der Waals surface area contributed by atoms with Crippen molar-refractivity contribution < 1.29 is 9.53 Å². The predicted octanol–water partition coefficient (Wildman–Crippen LogP) is 1.46. The van der Waals surface area contributed by atoms with Gasteiger partial charge in [-0.2, -0.15) is 0 Å². The molecule has 0 saturated heterocycles. The van der Waals surface area contributed by atoms with Crippen LogP contribution < -0.4 is 10.5 Å². The van der Waals surface area contributed by atoms with E-state index in [2.05, 4.69) is 6.92 Å². The normalized spacial score (nSPS) is 10.1. The van der Waals surface area contributed by atoms with Gasteiger partial charge in [-0.3, -0.25) is 4.79 Å². The molecule has 3 nitrogen and oxygen atoms in total. The van der Waals surface area contributed by atoms with Gasteiger partial charge in [0.25, 0.3) is 0 Å². The second-order valence-corrected chi connectivity index (χ2v) is 3.44. The van der Waals surface area contributed by atoms with Crippen LogP contribution in [0, 0.1) is 6.92 Å². The number of ether oxygens (including phenoxy) is 1. The quantitative estimate of drug-likeness (QED) is 0.795. The van der Waals surface area contributed by atoms with E-state index < -0.39 is 0 Å². The van der Waals surface area contributed by atoms with Gasteiger partial charge in [0.2, 0.25) is 0 Å². The van der Waals surface area contributed by atoms with Crippen LogP contribution in [0.1, 0.15) is 18.1 Å². The lowest BCUT2D eigenvalue weighted by Gasteiger charge is -2.11. The summed E-state index contributed by atoms with van der Waals surface area (Å²) in [5.41, 5.74) is 7.55. The van der Waals surface area contributed by atoms with Crippen LogP contribution in [0.3, 0.4) is 0 Å². The number of benzene rings is 1. The van der Waals surface area contributed by atoms with Gasteiger partial charge in [-0.05, 0) is 30.5 Å². The number of nitrogens with two attached hydrogens (primary N) is 1. The first kappa shape index (κ1) is 11.7. The third-order valence-electron chi connectivity index (χ3n) is 2.34. The molecule has 0 radical (unpaired) electrons. The Bertz CT molecular complexity index is 347. The second-order valence-electron chi connectivity index (χ2n) is 3.44. The largest absolute Gasteiger partial charge is 0.485 e. The number of ketones is 1. The molecule has 0 fully saturated rings. The first-order valence-electron chi connectivity index (χ1n) is 5.12. The molecule has 0 spiro atoms. The highest BCUT2D eigenvalue weighted by molar-refractivity contribution is 5.81. The Morgan fingerprint density at radius 2 is 2.20 bits per heavy atom. The smallest absolute Gasteiger partial charge is 0.183 e. The highest BCUT2D eigenvalue weighted by atomic mass is 16.5. The molecule has 0 amide bonds. The van der Waals surface area contributed by atoms with Gasteiger partial charge in [0.05, 0.1) is 6.54 Å². The van der Waals surface area contributed by atoms with Gasteiger partial charge in [0, 0.05) is 0 Å². The van der Waals surface area contributed by atoms with Crippen molar-refractivity contribution in [3.8, 4) is 5.75 Å². The zero-order valence-electron chi connectivity index (χ0n) is 9.25. The van der Waals surface area contributed by atoms with Gasteiger partial charge in [-0.1, -0.05) is 19.1 Å². The summed E-state index contributed by atoms with van der Waals surface area (Å²) in [6.45, 7) is 4.20. The fraction of sp³-hybridized carbons (Fsp3) is 0.417. The number of aryl methyl sites for hydroxylation is 1. The topological polar surface area (TPSA) is 52.3 Å². The molecule has 15 heavy (non-hydrogen) atoms. The maximum atomic E-state index is 11.0. The van der Waals surface area contributed by atoms with Gasteiger partial charge in [0.15, 0.2) is 5.78 Å². The minimum Gasteiger partial charge on any atom is -0.485 e. The number of rotatable bonds is 5. The van der Waals surface area contributed by atoms with Crippen molar-refractivity contribution in [1.29, 1.82) is 0 Å². The average molecular weight is 207 g/mol. The van der Waals surface area contributed by atoms with Gasteiger partial charge in [-0.25, -0.2) is 0 Å². The molecule has 0 aliphatic rings. The maximum absolute atomic E-state index is 11.0. The van der Waals surface area contributed by atoms with E-state index in [0.717, 1.165) is 17.7 Å². The van der Waals surface area contributed by atoms with E-state index in [1.165, 1.54) is 5.56 Å². The molecular weight excluding hydrogens is 190 g/mol. The van der Waals surface area contributed by atoms with E-state index in [1.54, 1.807) is 0 Å². The lowest BCUT2D eigenvalue weighted by atomic mass is 10.1. The van der Waals surface area contributed by atoms with Crippen molar-refractivity contribution in [3.05, 3.63) is 29.3 Å². The van der Waals surface area contributed by atoms with Crippen LogP contribution in [0.4, 0.5) is 0 Å². The first-order chi connectivity index (χ1) is 7.19. The fourth-order valence-corrected chi connectivity index (χ4v) is 1.48. The van der Waals surface area contributed by atoms with Crippen molar-refractivity contribution in [3.63, 3.8) is 0 Å². The summed E-state index contributed by atoms with van der Waals surface area (Å²) in [5, 5.41) is 0. The first-order valence-corrected chi connectivity index (χ1v) is 5.12. The summed E-state index contributed by atoms with van der Waals surface area (Å²) in [7, 11) is 0. The molecule has 0 aliphatic heterocycles. The number of hydrogen-bond acceptors (Lipinski definition) is 3. The predicted molar refractivity (Wildman–Crippen MR) is 60.1 cm³/mol. The Hall–Kier alpha value is -1.35. The van der Waals surface area contributed by atoms with Crippen molar-refractivity contribution in [2.45, 2.75) is 20.3 Å². The van der Waals surface area contributed by atoms with Crippen LogP contribution in [0.5, 0.6) is 5.75 Å². The molecule has 0 saturated carbocycles. The highest BCUT2D eigenvalue weighted by Crippen LogP contribution is 2.22. The van der Waals surface area contributed by atoms with Crippen LogP contribution in [0.25, 0.3) is 0 Å². The molecule has 82 valence electrons. The van der Waals surface area contributed by atoms with Gasteiger partial charge < -0.3 is 10.5 Å². The third-order valence-corrected chi connectivity index (χ3v) is 2.34. The molecule has 1 aromatic carbocycles. The van der Waals surface area contributed by atoms with Gasteiger partial charge >= 0.3 is 0 Å². The maximum Gasteiger partial charge on any atom is 0.183 e. The summed E-state index contributed by atoms with van der Waals surface area (Å²) < 4.78 is 5.43. The molecule has 0 atom stereocenters. The summed E-state index contributed by atoms with van der Waals surface area (Å²) in [6.07, 6.45) is 0.902. The molecule has 2 N–H and O–H groups in total. The van der Waals surface area contributed by atoms with E-state index in [-0.39, 0.29) is 18.9 Å². The molecule has 0 unspecified atom stereocenters. The number of hydrogen-bond donors (Lipinski definition) is 1. The second kappa shape index (κ2) is 5.51. The van der Waals surface area contributed by atoms with E-state index in [0.29, 0.717) is 0 Å². The monoisotopic (exact) mass is 207 g/mol. The summed E-state index contributed by atoms with van der Waals surface area (Å²) in [5.74, 6) is 0.706. The zero-order chi connectivity index (χ0) is 11.3.